The standard InChI is InChI=1S/C16H13N3O2S/c1-21-14-7-3-2-6-12(14)18-15(20)13-10-22-16(19-13)11-5-4-8-17-9-11/h2-10H,1H3,(H,18,20). The van der Waals surface area contributed by atoms with Gasteiger partial charge in [-0.25, -0.2) is 4.98 Å². The van der Waals surface area contributed by atoms with E-state index in [0.29, 0.717) is 17.1 Å². The van der Waals surface area contributed by atoms with E-state index in [-0.39, 0.29) is 5.91 Å². The number of anilines is 1. The van der Waals surface area contributed by atoms with Crippen LogP contribution in [-0.2, 0) is 0 Å². The maximum atomic E-state index is 12.3. The highest BCUT2D eigenvalue weighted by molar-refractivity contribution is 7.13. The molecular formula is C16H13N3O2S. The summed E-state index contributed by atoms with van der Waals surface area (Å²) in [5.41, 5.74) is 1.88. The molecule has 2 heterocycles. The van der Waals surface area contributed by atoms with Gasteiger partial charge in [-0.2, -0.15) is 0 Å². The van der Waals surface area contributed by atoms with Crippen molar-refractivity contribution in [3.05, 3.63) is 59.9 Å². The first kappa shape index (κ1) is 14.2. The van der Waals surface area contributed by atoms with Gasteiger partial charge >= 0.3 is 0 Å². The molecule has 0 aliphatic carbocycles. The number of methoxy groups -OCH3 is 1. The number of rotatable bonds is 4. The summed E-state index contributed by atoms with van der Waals surface area (Å²) in [6.45, 7) is 0. The number of thiazole rings is 1. The van der Waals surface area contributed by atoms with Crippen LogP contribution in [0.1, 0.15) is 10.5 Å². The number of pyridine rings is 1. The van der Waals surface area contributed by atoms with E-state index in [4.69, 9.17) is 4.74 Å². The van der Waals surface area contributed by atoms with Gasteiger partial charge < -0.3 is 10.1 Å². The van der Waals surface area contributed by atoms with Crippen LogP contribution in [0.25, 0.3) is 10.6 Å². The van der Waals surface area contributed by atoms with Crippen LogP contribution in [0.4, 0.5) is 5.69 Å². The molecule has 0 aliphatic rings. The molecule has 3 rings (SSSR count). The van der Waals surface area contributed by atoms with E-state index in [2.05, 4.69) is 15.3 Å². The number of carbonyl (C=O) groups excluding carboxylic acids is 1. The lowest BCUT2D eigenvalue weighted by Gasteiger charge is -2.08. The summed E-state index contributed by atoms with van der Waals surface area (Å²) < 4.78 is 5.22. The molecule has 0 fully saturated rings. The topological polar surface area (TPSA) is 64.1 Å². The Morgan fingerprint density at radius 1 is 1.23 bits per heavy atom. The van der Waals surface area contributed by atoms with Crippen molar-refractivity contribution in [3.8, 4) is 16.3 Å². The fourth-order valence-corrected chi connectivity index (χ4v) is 2.73. The Morgan fingerprint density at radius 2 is 2.09 bits per heavy atom. The highest BCUT2D eigenvalue weighted by Gasteiger charge is 2.13. The second kappa shape index (κ2) is 6.36. The maximum absolute atomic E-state index is 12.3. The molecule has 0 spiro atoms. The minimum atomic E-state index is -0.268. The van der Waals surface area contributed by atoms with Crippen LogP contribution in [0.5, 0.6) is 5.75 Å². The fraction of sp³-hybridized carbons (Fsp3) is 0.0625. The summed E-state index contributed by atoms with van der Waals surface area (Å²) in [7, 11) is 1.56. The first-order valence-electron chi connectivity index (χ1n) is 6.58. The van der Waals surface area contributed by atoms with Crippen molar-refractivity contribution in [2.75, 3.05) is 12.4 Å². The average Bonchev–Trinajstić information content (AvgIpc) is 3.06. The summed E-state index contributed by atoms with van der Waals surface area (Å²) in [5.74, 6) is 0.342. The first-order valence-corrected chi connectivity index (χ1v) is 7.46. The average molecular weight is 311 g/mol. The number of ether oxygens (including phenoxy) is 1. The molecule has 1 amide bonds. The Balaban J connectivity index is 1.80. The zero-order valence-electron chi connectivity index (χ0n) is 11.8. The molecule has 0 radical (unpaired) electrons. The molecule has 5 nitrogen and oxygen atoms in total. The number of carbonyl (C=O) groups is 1. The van der Waals surface area contributed by atoms with Crippen molar-refractivity contribution in [2.45, 2.75) is 0 Å². The van der Waals surface area contributed by atoms with Crippen molar-refractivity contribution in [1.29, 1.82) is 0 Å². The van der Waals surface area contributed by atoms with Crippen LogP contribution < -0.4 is 10.1 Å². The smallest absolute Gasteiger partial charge is 0.275 e. The predicted octanol–water partition coefficient (Wildman–Crippen LogP) is 3.47. The number of nitrogens with zero attached hydrogens (tertiary/aromatic N) is 2. The van der Waals surface area contributed by atoms with Gasteiger partial charge in [-0.3, -0.25) is 9.78 Å². The van der Waals surface area contributed by atoms with Crippen LogP contribution in [0.2, 0.25) is 0 Å². The van der Waals surface area contributed by atoms with Crippen molar-refractivity contribution < 1.29 is 9.53 Å². The Labute approximate surface area is 131 Å². The fourth-order valence-electron chi connectivity index (χ4n) is 1.93. The quantitative estimate of drug-likeness (QED) is 0.801. The van der Waals surface area contributed by atoms with E-state index in [1.165, 1.54) is 11.3 Å². The number of para-hydroxylation sites is 2. The lowest BCUT2D eigenvalue weighted by molar-refractivity contribution is 0.102. The van der Waals surface area contributed by atoms with Crippen LogP contribution in [0.15, 0.2) is 54.2 Å². The molecule has 0 bridgehead atoms. The van der Waals surface area contributed by atoms with E-state index >= 15 is 0 Å². The highest BCUT2D eigenvalue weighted by Crippen LogP contribution is 2.26. The van der Waals surface area contributed by atoms with Crippen molar-refractivity contribution in [2.24, 2.45) is 0 Å². The van der Waals surface area contributed by atoms with Crippen LogP contribution in [-0.4, -0.2) is 23.0 Å². The number of nitrogens with one attached hydrogen (secondary N) is 1. The third-order valence-electron chi connectivity index (χ3n) is 3.00. The van der Waals surface area contributed by atoms with Gasteiger partial charge in [-0.05, 0) is 24.3 Å². The van der Waals surface area contributed by atoms with Gasteiger partial charge in [-0.15, -0.1) is 11.3 Å². The lowest BCUT2D eigenvalue weighted by Crippen LogP contribution is -2.13. The minimum Gasteiger partial charge on any atom is -0.495 e. The Kier molecular flexibility index (Phi) is 4.11. The molecule has 2 aromatic heterocycles. The van der Waals surface area contributed by atoms with Gasteiger partial charge in [0.2, 0.25) is 0 Å². The monoisotopic (exact) mass is 311 g/mol. The molecule has 1 N–H and O–H groups in total. The molecule has 0 saturated heterocycles. The van der Waals surface area contributed by atoms with Crippen LogP contribution in [0, 0.1) is 0 Å². The van der Waals surface area contributed by atoms with Gasteiger partial charge in [0.15, 0.2) is 0 Å². The maximum Gasteiger partial charge on any atom is 0.275 e. The Morgan fingerprint density at radius 3 is 2.86 bits per heavy atom. The molecule has 0 saturated carbocycles. The summed E-state index contributed by atoms with van der Waals surface area (Å²) in [4.78, 5) is 20.7. The largest absolute Gasteiger partial charge is 0.495 e. The number of benzene rings is 1. The number of amides is 1. The van der Waals surface area contributed by atoms with E-state index in [0.717, 1.165) is 10.6 Å². The normalized spacial score (nSPS) is 10.2. The minimum absolute atomic E-state index is 0.268. The number of hydrogen-bond donors (Lipinski definition) is 1. The summed E-state index contributed by atoms with van der Waals surface area (Å²) in [6, 6.07) is 11.0. The van der Waals surface area contributed by atoms with Crippen molar-refractivity contribution in [1.82, 2.24) is 9.97 Å². The van der Waals surface area contributed by atoms with E-state index < -0.39 is 0 Å². The Bertz CT molecular complexity index is 787. The molecule has 0 unspecified atom stereocenters. The molecule has 3 aromatic rings. The third-order valence-corrected chi connectivity index (χ3v) is 3.89. The van der Waals surface area contributed by atoms with Gasteiger partial charge in [0.05, 0.1) is 12.8 Å². The molecule has 1 aromatic carbocycles. The molecular weight excluding hydrogens is 298 g/mol. The van der Waals surface area contributed by atoms with E-state index in [9.17, 15) is 4.79 Å². The number of aromatic nitrogens is 2. The predicted molar refractivity (Wildman–Crippen MR) is 86.3 cm³/mol. The third kappa shape index (κ3) is 2.96. The van der Waals surface area contributed by atoms with E-state index in [1.54, 1.807) is 37.0 Å². The van der Waals surface area contributed by atoms with Crippen molar-refractivity contribution in [3.63, 3.8) is 0 Å². The molecule has 22 heavy (non-hydrogen) atoms. The molecule has 110 valence electrons. The van der Waals surface area contributed by atoms with E-state index in [1.807, 2.05) is 24.3 Å². The summed E-state index contributed by atoms with van der Waals surface area (Å²) >= 11 is 1.41. The van der Waals surface area contributed by atoms with Crippen LogP contribution >= 0.6 is 11.3 Å². The molecule has 0 atom stereocenters. The summed E-state index contributed by atoms with van der Waals surface area (Å²) in [5, 5.41) is 5.30. The second-order valence-electron chi connectivity index (χ2n) is 4.43. The van der Waals surface area contributed by atoms with Gasteiger partial charge in [0, 0.05) is 23.3 Å². The zero-order valence-corrected chi connectivity index (χ0v) is 12.6. The van der Waals surface area contributed by atoms with Crippen molar-refractivity contribution >= 4 is 22.9 Å². The van der Waals surface area contributed by atoms with Gasteiger partial charge in [0.1, 0.15) is 16.5 Å². The highest BCUT2D eigenvalue weighted by atomic mass is 32.1. The lowest BCUT2D eigenvalue weighted by atomic mass is 10.3. The SMILES string of the molecule is COc1ccccc1NC(=O)c1csc(-c2cccnc2)n1. The zero-order chi connectivity index (χ0) is 15.4. The van der Waals surface area contributed by atoms with Gasteiger partial charge in [-0.1, -0.05) is 12.1 Å². The van der Waals surface area contributed by atoms with Crippen LogP contribution in [0.3, 0.4) is 0 Å². The molecule has 0 aliphatic heterocycles. The van der Waals surface area contributed by atoms with Gasteiger partial charge in [0.25, 0.3) is 5.91 Å². The second-order valence-corrected chi connectivity index (χ2v) is 5.29. The Hall–Kier alpha value is -2.73. The molecule has 6 heteroatoms. The number of hydrogen-bond acceptors (Lipinski definition) is 5. The summed E-state index contributed by atoms with van der Waals surface area (Å²) in [6.07, 6.45) is 3.42. The first-order chi connectivity index (χ1) is 10.8.